The maximum Gasteiger partial charge on any atom is 0.293 e. The van der Waals surface area contributed by atoms with Crippen LogP contribution in [0.15, 0.2) is 89.1 Å². The molecule has 0 atom stereocenters. The summed E-state index contributed by atoms with van der Waals surface area (Å²) < 4.78 is 35.6. The first-order valence-electron chi connectivity index (χ1n) is 20.7. The van der Waals surface area contributed by atoms with Crippen molar-refractivity contribution in [3.8, 4) is 11.5 Å². The van der Waals surface area contributed by atoms with Gasteiger partial charge < -0.3 is 29.9 Å². The summed E-state index contributed by atoms with van der Waals surface area (Å²) in [5, 5.41) is 24.9. The Bertz CT molecular complexity index is 2330. The van der Waals surface area contributed by atoms with E-state index in [0.29, 0.717) is 37.5 Å². The average molecular weight is 843 g/mol. The largest absolute Gasteiger partial charge is 0.455 e. The molecule has 4 aromatic rings. The van der Waals surface area contributed by atoms with E-state index in [0.717, 1.165) is 82.0 Å². The predicted molar refractivity (Wildman–Crippen MR) is 235 cm³/mol. The molecule has 16 heteroatoms. The summed E-state index contributed by atoms with van der Waals surface area (Å²) in [5.74, 6) is -0.481. The fraction of sp³-hybridized carbons (Fsp3) is 0.455. The van der Waals surface area contributed by atoms with Gasteiger partial charge in [0.1, 0.15) is 22.8 Å². The van der Waals surface area contributed by atoms with Crippen molar-refractivity contribution in [3.63, 3.8) is 0 Å². The SMILES string of the molecule is C=C(CCC)C1=C(CN2CCN(c3ccc(C(=O)NS(=O)(=O)c4ccc(NCCCN(C)CCO)c([N+](=O)[O-])c4)c(Oc4cnc5[nH]ccc5c4)c3)CC2)CCC(C)(C)C1. The number of nitro groups is 1. The Morgan fingerprint density at radius 2 is 1.90 bits per heavy atom. The number of sulfonamides is 1. The second-order valence-electron chi connectivity index (χ2n) is 16.6. The van der Waals surface area contributed by atoms with Gasteiger partial charge in [0, 0.05) is 75.2 Å². The highest BCUT2D eigenvalue weighted by Gasteiger charge is 2.30. The van der Waals surface area contributed by atoms with E-state index in [-0.39, 0.29) is 29.0 Å². The van der Waals surface area contributed by atoms with Crippen LogP contribution in [-0.4, -0.2) is 110 Å². The minimum absolute atomic E-state index is 0.0243. The fourth-order valence-electron chi connectivity index (χ4n) is 7.92. The van der Waals surface area contributed by atoms with Crippen molar-refractivity contribution in [2.75, 3.05) is 76.2 Å². The summed E-state index contributed by atoms with van der Waals surface area (Å²) in [6.07, 6.45) is 9.32. The van der Waals surface area contributed by atoms with E-state index >= 15 is 0 Å². The van der Waals surface area contributed by atoms with Gasteiger partial charge in [0.25, 0.3) is 21.6 Å². The number of H-pyrrole nitrogens is 1. The van der Waals surface area contributed by atoms with E-state index in [4.69, 9.17) is 9.84 Å². The van der Waals surface area contributed by atoms with Gasteiger partial charge in [-0.25, -0.2) is 18.1 Å². The number of allylic oxidation sites excluding steroid dienone is 2. The molecule has 0 bridgehead atoms. The Hall–Kier alpha value is -5.29. The van der Waals surface area contributed by atoms with Gasteiger partial charge in [0.2, 0.25) is 0 Å². The summed E-state index contributed by atoms with van der Waals surface area (Å²) in [4.78, 5) is 38.9. The topological polar surface area (TPSA) is 186 Å². The van der Waals surface area contributed by atoms with Gasteiger partial charge >= 0.3 is 0 Å². The van der Waals surface area contributed by atoms with Crippen molar-refractivity contribution in [2.24, 2.45) is 5.41 Å². The number of likely N-dealkylation sites (N-methyl/N-ethyl adjacent to an activating group) is 1. The van der Waals surface area contributed by atoms with Crippen molar-refractivity contribution in [3.05, 3.63) is 99.9 Å². The molecule has 15 nitrogen and oxygen atoms in total. The highest BCUT2D eigenvalue weighted by Crippen LogP contribution is 2.42. The number of nitrogens with one attached hydrogen (secondary N) is 3. The van der Waals surface area contributed by atoms with Gasteiger partial charge in [0.05, 0.1) is 28.2 Å². The van der Waals surface area contributed by atoms with Crippen LogP contribution < -0.4 is 19.7 Å². The third-order valence-electron chi connectivity index (χ3n) is 11.3. The number of aliphatic hydroxyl groups is 1. The third-order valence-corrected chi connectivity index (χ3v) is 12.7. The van der Waals surface area contributed by atoms with Crippen LogP contribution in [-0.2, 0) is 10.0 Å². The van der Waals surface area contributed by atoms with E-state index in [1.54, 1.807) is 24.4 Å². The molecule has 322 valence electrons. The molecule has 1 fully saturated rings. The number of aromatic amines is 1. The average Bonchev–Trinajstić information content (AvgIpc) is 3.68. The highest BCUT2D eigenvalue weighted by molar-refractivity contribution is 7.90. The predicted octanol–water partition coefficient (Wildman–Crippen LogP) is 7.09. The molecule has 0 unspecified atom stereocenters. The van der Waals surface area contributed by atoms with Crippen LogP contribution >= 0.6 is 0 Å². The van der Waals surface area contributed by atoms with Gasteiger partial charge in [-0.2, -0.15) is 0 Å². The van der Waals surface area contributed by atoms with Crippen molar-refractivity contribution >= 4 is 44.0 Å². The number of carbonyl (C=O) groups excluding carboxylic acids is 1. The van der Waals surface area contributed by atoms with Gasteiger partial charge in [-0.1, -0.05) is 44.9 Å². The Kier molecular flexibility index (Phi) is 14.3. The van der Waals surface area contributed by atoms with Gasteiger partial charge in [0.15, 0.2) is 0 Å². The molecule has 3 heterocycles. The first-order chi connectivity index (χ1) is 28.7. The molecular weight excluding hydrogens is 785 g/mol. The molecule has 60 heavy (non-hydrogen) atoms. The summed E-state index contributed by atoms with van der Waals surface area (Å²) >= 11 is 0. The Morgan fingerprint density at radius 3 is 2.63 bits per heavy atom. The lowest BCUT2D eigenvalue weighted by atomic mass is 9.72. The van der Waals surface area contributed by atoms with Gasteiger partial charge in [-0.15, -0.1) is 0 Å². The number of nitro benzene ring substituents is 1. The molecule has 2 aromatic carbocycles. The van der Waals surface area contributed by atoms with Crippen molar-refractivity contribution in [1.82, 2.24) is 24.5 Å². The number of hydrogen-bond donors (Lipinski definition) is 4. The van der Waals surface area contributed by atoms with Crippen LogP contribution in [0.1, 0.15) is 69.7 Å². The molecular formula is C44H58N8O7S. The minimum Gasteiger partial charge on any atom is -0.455 e. The first-order valence-corrected chi connectivity index (χ1v) is 22.1. The van der Waals surface area contributed by atoms with Crippen molar-refractivity contribution in [1.29, 1.82) is 0 Å². The van der Waals surface area contributed by atoms with Crippen LogP contribution in [0.2, 0.25) is 0 Å². The van der Waals surface area contributed by atoms with Gasteiger partial charge in [-0.05, 0) is 93.1 Å². The number of rotatable bonds is 19. The lowest BCUT2D eigenvalue weighted by molar-refractivity contribution is -0.384. The van der Waals surface area contributed by atoms with E-state index in [9.17, 15) is 23.3 Å². The number of piperazine rings is 1. The molecule has 0 spiro atoms. The van der Waals surface area contributed by atoms with Crippen LogP contribution in [0.5, 0.6) is 11.5 Å². The molecule has 2 aliphatic rings. The molecule has 4 N–H and O–H groups in total. The van der Waals surface area contributed by atoms with Gasteiger partial charge in [-0.3, -0.25) is 19.8 Å². The third kappa shape index (κ3) is 11.1. The number of ether oxygens (including phenoxy) is 1. The summed E-state index contributed by atoms with van der Waals surface area (Å²) in [6.45, 7) is 17.0. The molecule has 0 saturated carbocycles. The second kappa shape index (κ2) is 19.4. The maximum absolute atomic E-state index is 13.9. The smallest absolute Gasteiger partial charge is 0.293 e. The van der Waals surface area contributed by atoms with E-state index in [1.165, 1.54) is 41.1 Å². The number of aliphatic hydroxyl groups excluding tert-OH is 1. The molecule has 1 amide bonds. The zero-order valence-electron chi connectivity index (χ0n) is 35.1. The van der Waals surface area contributed by atoms with Crippen LogP contribution in [0.25, 0.3) is 11.0 Å². The van der Waals surface area contributed by atoms with E-state index in [2.05, 4.69) is 57.2 Å². The fourth-order valence-corrected chi connectivity index (χ4v) is 8.91. The van der Waals surface area contributed by atoms with Crippen LogP contribution in [0.4, 0.5) is 17.1 Å². The number of carbonyl (C=O) groups is 1. The Balaban J connectivity index is 1.19. The van der Waals surface area contributed by atoms with Crippen LogP contribution in [0.3, 0.4) is 0 Å². The number of benzene rings is 2. The number of anilines is 2. The monoisotopic (exact) mass is 842 g/mol. The number of aromatic nitrogens is 2. The maximum atomic E-state index is 13.9. The number of hydrogen-bond acceptors (Lipinski definition) is 12. The highest BCUT2D eigenvalue weighted by atomic mass is 32.2. The van der Waals surface area contributed by atoms with E-state index in [1.807, 2.05) is 18.0 Å². The zero-order valence-corrected chi connectivity index (χ0v) is 35.9. The molecule has 1 aliphatic carbocycles. The summed E-state index contributed by atoms with van der Waals surface area (Å²) in [5.41, 5.74) is 5.64. The molecule has 1 aliphatic heterocycles. The normalized spacial score (nSPS) is 16.0. The number of fused-ring (bicyclic) bond motifs is 1. The number of amides is 1. The van der Waals surface area contributed by atoms with Crippen molar-refractivity contribution < 1.29 is 28.0 Å². The van der Waals surface area contributed by atoms with E-state index < -0.39 is 31.4 Å². The molecule has 1 saturated heterocycles. The standard InChI is InChI=1S/C44H58N8O7S/c1-6-8-31(2)38-28-44(3,4)15-13-33(38)30-50-19-21-51(22-20-50)34-9-11-37(41(26-34)59-35-25-32-14-17-46-42(32)47-29-35)43(54)48-60(57,58)36-10-12-39(40(27-36)52(55)56)45-16-7-18-49(5)23-24-53/h9-12,14,17,25-27,29,45,53H,2,6-8,13,15-16,18-24,28,30H2,1,3-5H3,(H,46,47)(H,48,54). The molecule has 0 radical (unpaired) electrons. The van der Waals surface area contributed by atoms with Crippen LogP contribution in [0, 0.1) is 15.5 Å². The summed E-state index contributed by atoms with van der Waals surface area (Å²) in [6, 6.07) is 12.1. The Labute approximate surface area is 352 Å². The quantitative estimate of drug-likeness (QED) is 0.0427. The zero-order chi connectivity index (χ0) is 43.0. The lowest BCUT2D eigenvalue weighted by Crippen LogP contribution is -2.47. The molecule has 6 rings (SSSR count). The number of pyridine rings is 1. The first kappa shape index (κ1) is 44.3. The minimum atomic E-state index is -4.56. The van der Waals surface area contributed by atoms with Crippen molar-refractivity contribution in [2.45, 2.75) is 64.2 Å². The Morgan fingerprint density at radius 1 is 1.12 bits per heavy atom. The molecule has 2 aromatic heterocycles. The lowest BCUT2D eigenvalue weighted by Gasteiger charge is -2.39. The number of nitrogens with zero attached hydrogens (tertiary/aromatic N) is 5. The second-order valence-corrected chi connectivity index (χ2v) is 18.3. The summed E-state index contributed by atoms with van der Waals surface area (Å²) in [7, 11) is -2.71.